The largest absolute Gasteiger partial charge is 0.377 e. The van der Waals surface area contributed by atoms with Gasteiger partial charge in [-0.25, -0.2) is 0 Å². The van der Waals surface area contributed by atoms with E-state index in [4.69, 9.17) is 10.6 Å². The van der Waals surface area contributed by atoms with Gasteiger partial charge >= 0.3 is 5.69 Å². The van der Waals surface area contributed by atoms with E-state index in [0.717, 1.165) is 19.4 Å². The molecule has 4 N–H and O–H groups in total. The van der Waals surface area contributed by atoms with Crippen LogP contribution in [0.15, 0.2) is 18.2 Å². The van der Waals surface area contributed by atoms with Gasteiger partial charge < -0.3 is 15.5 Å². The lowest BCUT2D eigenvalue weighted by Crippen LogP contribution is -2.19. The zero-order valence-corrected chi connectivity index (χ0v) is 9.89. The Bertz CT molecular complexity index is 432. The summed E-state index contributed by atoms with van der Waals surface area (Å²) in [5, 5.41) is 14.1. The van der Waals surface area contributed by atoms with Crippen molar-refractivity contribution >= 4 is 17.1 Å². The second-order valence-electron chi connectivity index (χ2n) is 4.12. The van der Waals surface area contributed by atoms with Crippen LogP contribution in [0.2, 0.25) is 0 Å². The van der Waals surface area contributed by atoms with E-state index < -0.39 is 4.92 Å². The number of para-hydroxylation sites is 1. The van der Waals surface area contributed by atoms with Crippen LogP contribution >= 0.6 is 0 Å². The van der Waals surface area contributed by atoms with Crippen molar-refractivity contribution in [3.8, 4) is 0 Å². The first-order valence-corrected chi connectivity index (χ1v) is 5.82. The van der Waals surface area contributed by atoms with Gasteiger partial charge in [0.05, 0.1) is 11.0 Å². The summed E-state index contributed by atoms with van der Waals surface area (Å²) >= 11 is 0. The van der Waals surface area contributed by atoms with Crippen LogP contribution in [0, 0.1) is 10.1 Å². The highest BCUT2D eigenvalue weighted by atomic mass is 16.6. The van der Waals surface area contributed by atoms with Crippen molar-refractivity contribution in [2.45, 2.75) is 18.9 Å². The van der Waals surface area contributed by atoms with Crippen LogP contribution in [-0.4, -0.2) is 24.2 Å². The summed E-state index contributed by atoms with van der Waals surface area (Å²) in [7, 11) is 0. The Morgan fingerprint density at radius 3 is 2.89 bits per heavy atom. The molecular formula is C11H16N4O3. The van der Waals surface area contributed by atoms with Crippen molar-refractivity contribution < 1.29 is 9.66 Å². The maximum absolute atomic E-state index is 11.0. The predicted octanol–water partition coefficient (Wildman–Crippen LogP) is 1.47. The number of nitrogen functional groups attached to an aromatic ring is 1. The summed E-state index contributed by atoms with van der Waals surface area (Å²) in [5.41, 5.74) is 3.03. The molecule has 98 valence electrons. The van der Waals surface area contributed by atoms with E-state index >= 15 is 0 Å². The Morgan fingerprint density at radius 2 is 2.28 bits per heavy atom. The molecule has 1 aliphatic rings. The molecule has 1 heterocycles. The monoisotopic (exact) mass is 252 g/mol. The highest BCUT2D eigenvalue weighted by Crippen LogP contribution is 2.32. The smallest absolute Gasteiger partial charge is 0.316 e. The number of nitrogens with two attached hydrogens (primary N) is 1. The molecule has 0 aliphatic carbocycles. The normalized spacial score (nSPS) is 18.6. The second-order valence-corrected chi connectivity index (χ2v) is 4.12. The van der Waals surface area contributed by atoms with Crippen molar-refractivity contribution in [1.82, 2.24) is 0 Å². The molecule has 0 radical (unpaired) electrons. The van der Waals surface area contributed by atoms with Crippen molar-refractivity contribution in [3.63, 3.8) is 0 Å². The third kappa shape index (κ3) is 2.69. The number of nitrogens with one attached hydrogen (secondary N) is 2. The van der Waals surface area contributed by atoms with Gasteiger partial charge in [-0.3, -0.25) is 16.0 Å². The average molecular weight is 252 g/mol. The number of benzene rings is 1. The molecule has 1 aromatic rings. The molecule has 2 rings (SSSR count). The van der Waals surface area contributed by atoms with Gasteiger partial charge in [0.25, 0.3) is 0 Å². The fourth-order valence-corrected chi connectivity index (χ4v) is 2.03. The Hall–Kier alpha value is -1.86. The molecule has 0 aromatic heterocycles. The summed E-state index contributed by atoms with van der Waals surface area (Å²) in [6, 6.07) is 4.93. The fraction of sp³-hybridized carbons (Fsp3) is 0.455. The quantitative estimate of drug-likeness (QED) is 0.416. The van der Waals surface area contributed by atoms with Crippen molar-refractivity contribution in [3.05, 3.63) is 28.3 Å². The second kappa shape index (κ2) is 5.65. The fourth-order valence-electron chi connectivity index (χ4n) is 2.03. The summed E-state index contributed by atoms with van der Waals surface area (Å²) in [4.78, 5) is 10.6. The maximum atomic E-state index is 11.0. The summed E-state index contributed by atoms with van der Waals surface area (Å²) in [6.07, 6.45) is 2.15. The lowest BCUT2D eigenvalue weighted by molar-refractivity contribution is -0.383. The lowest BCUT2D eigenvalue weighted by Gasteiger charge is -2.13. The predicted molar refractivity (Wildman–Crippen MR) is 68.4 cm³/mol. The molecule has 7 heteroatoms. The highest BCUT2D eigenvalue weighted by molar-refractivity contribution is 5.75. The highest BCUT2D eigenvalue weighted by Gasteiger charge is 2.21. The Labute approximate surface area is 104 Å². The summed E-state index contributed by atoms with van der Waals surface area (Å²) < 4.78 is 5.46. The number of rotatable bonds is 5. The van der Waals surface area contributed by atoms with Crippen LogP contribution in [0.5, 0.6) is 0 Å². The number of nitro groups is 1. The Kier molecular flexibility index (Phi) is 3.96. The number of ether oxygens (including phenoxy) is 1. The van der Waals surface area contributed by atoms with E-state index in [1.54, 1.807) is 18.2 Å². The molecule has 18 heavy (non-hydrogen) atoms. The van der Waals surface area contributed by atoms with Crippen molar-refractivity contribution in [2.75, 3.05) is 23.9 Å². The molecule has 1 saturated heterocycles. The van der Waals surface area contributed by atoms with Crippen LogP contribution in [0.25, 0.3) is 0 Å². The van der Waals surface area contributed by atoms with Gasteiger partial charge in [0.2, 0.25) is 0 Å². The average Bonchev–Trinajstić information content (AvgIpc) is 2.88. The first-order chi connectivity index (χ1) is 8.72. The lowest BCUT2D eigenvalue weighted by atomic mass is 10.2. The van der Waals surface area contributed by atoms with Gasteiger partial charge in [-0.2, -0.15) is 0 Å². The zero-order valence-electron chi connectivity index (χ0n) is 9.89. The zero-order chi connectivity index (χ0) is 13.0. The molecule has 0 bridgehead atoms. The first-order valence-electron chi connectivity index (χ1n) is 5.82. The van der Waals surface area contributed by atoms with Crippen molar-refractivity contribution in [2.24, 2.45) is 5.84 Å². The minimum atomic E-state index is -0.451. The van der Waals surface area contributed by atoms with Gasteiger partial charge in [0.15, 0.2) is 0 Å². The summed E-state index contributed by atoms with van der Waals surface area (Å²) in [6.45, 7) is 1.33. The molecule has 1 aliphatic heterocycles. The molecular weight excluding hydrogens is 236 g/mol. The van der Waals surface area contributed by atoms with Crippen LogP contribution in [0.4, 0.5) is 17.1 Å². The Morgan fingerprint density at radius 1 is 1.50 bits per heavy atom. The van der Waals surface area contributed by atoms with Gasteiger partial charge in [0, 0.05) is 13.2 Å². The van der Waals surface area contributed by atoms with Gasteiger partial charge in [-0.1, -0.05) is 6.07 Å². The molecule has 0 amide bonds. The van der Waals surface area contributed by atoms with E-state index in [0.29, 0.717) is 12.2 Å². The van der Waals surface area contributed by atoms with E-state index in [9.17, 15) is 10.1 Å². The van der Waals surface area contributed by atoms with E-state index in [2.05, 4.69) is 10.7 Å². The van der Waals surface area contributed by atoms with E-state index in [1.807, 2.05) is 0 Å². The standard InChI is InChI=1S/C11H16N4O3/c12-14-10-5-1-4-9(11(10)15(16)17)13-7-8-3-2-6-18-8/h1,4-5,8,13-14H,2-3,6-7,12H2. The van der Waals surface area contributed by atoms with Gasteiger partial charge in [-0.15, -0.1) is 0 Å². The summed E-state index contributed by atoms with van der Waals surface area (Å²) in [5.74, 6) is 5.27. The first kappa shape index (κ1) is 12.6. The third-order valence-electron chi connectivity index (χ3n) is 2.92. The SMILES string of the molecule is NNc1cccc(NCC2CCCO2)c1[N+](=O)[O-]. The number of hydrazine groups is 1. The minimum Gasteiger partial charge on any atom is -0.377 e. The number of nitrogens with zero attached hydrogens (tertiary/aromatic N) is 1. The molecule has 0 spiro atoms. The third-order valence-corrected chi connectivity index (χ3v) is 2.92. The molecule has 1 aromatic carbocycles. The van der Waals surface area contributed by atoms with Crippen LogP contribution in [-0.2, 0) is 4.74 Å². The molecule has 1 atom stereocenters. The molecule has 0 saturated carbocycles. The van der Waals surface area contributed by atoms with Crippen LogP contribution in [0.1, 0.15) is 12.8 Å². The van der Waals surface area contributed by atoms with Crippen LogP contribution in [0.3, 0.4) is 0 Å². The number of anilines is 2. The van der Waals surface area contributed by atoms with Crippen molar-refractivity contribution in [1.29, 1.82) is 0 Å². The van der Waals surface area contributed by atoms with Gasteiger partial charge in [-0.05, 0) is 25.0 Å². The molecule has 1 fully saturated rings. The Balaban J connectivity index is 2.13. The van der Waals surface area contributed by atoms with E-state index in [-0.39, 0.29) is 17.5 Å². The topological polar surface area (TPSA) is 102 Å². The molecule has 7 nitrogen and oxygen atoms in total. The number of hydrogen-bond acceptors (Lipinski definition) is 6. The minimum absolute atomic E-state index is 0.0435. The van der Waals surface area contributed by atoms with Gasteiger partial charge in [0.1, 0.15) is 11.4 Å². The maximum Gasteiger partial charge on any atom is 0.316 e. The number of nitro benzene ring substituents is 1. The van der Waals surface area contributed by atoms with E-state index in [1.165, 1.54) is 0 Å². The van der Waals surface area contributed by atoms with Crippen LogP contribution < -0.4 is 16.6 Å². The molecule has 1 unspecified atom stereocenters. The number of hydrogen-bond donors (Lipinski definition) is 3.